The summed E-state index contributed by atoms with van der Waals surface area (Å²) >= 11 is 0. The standard InChI is InChI=1S/C11H16FNO3S/c1-9-8-10(4-5-11(9)12)17(15,16)13-6-2-3-7-14/h4-5,8,13-14H,2-3,6-7H2,1H3. The summed E-state index contributed by atoms with van der Waals surface area (Å²) in [6.07, 6.45) is 1.11. The molecule has 0 atom stereocenters. The number of hydrogen-bond acceptors (Lipinski definition) is 3. The van der Waals surface area contributed by atoms with Crippen molar-refractivity contribution in [1.29, 1.82) is 0 Å². The highest BCUT2D eigenvalue weighted by molar-refractivity contribution is 7.89. The summed E-state index contributed by atoms with van der Waals surface area (Å²) in [6.45, 7) is 1.82. The Kier molecular flexibility index (Phi) is 5.04. The third kappa shape index (κ3) is 4.07. The Hall–Kier alpha value is -0.980. The van der Waals surface area contributed by atoms with Gasteiger partial charge < -0.3 is 5.11 Å². The first kappa shape index (κ1) is 14.1. The molecule has 0 bridgehead atoms. The van der Waals surface area contributed by atoms with Crippen LogP contribution < -0.4 is 4.72 Å². The van der Waals surface area contributed by atoms with Gasteiger partial charge in [-0.2, -0.15) is 0 Å². The quantitative estimate of drug-likeness (QED) is 0.756. The maximum atomic E-state index is 13.0. The van der Waals surface area contributed by atoms with Crippen molar-refractivity contribution in [1.82, 2.24) is 4.72 Å². The number of nitrogens with one attached hydrogen (secondary N) is 1. The van der Waals surface area contributed by atoms with Crippen LogP contribution in [0.2, 0.25) is 0 Å². The zero-order chi connectivity index (χ0) is 12.9. The van der Waals surface area contributed by atoms with E-state index in [9.17, 15) is 12.8 Å². The molecule has 0 spiro atoms. The zero-order valence-corrected chi connectivity index (χ0v) is 10.4. The molecule has 96 valence electrons. The van der Waals surface area contributed by atoms with Crippen molar-refractivity contribution >= 4 is 10.0 Å². The van der Waals surface area contributed by atoms with E-state index >= 15 is 0 Å². The Morgan fingerprint density at radius 1 is 1.35 bits per heavy atom. The predicted octanol–water partition coefficient (Wildman–Crippen LogP) is 1.18. The van der Waals surface area contributed by atoms with Crippen LogP contribution in [0.1, 0.15) is 18.4 Å². The van der Waals surface area contributed by atoms with Crippen LogP contribution in [0.4, 0.5) is 4.39 Å². The molecular formula is C11H16FNO3S. The van der Waals surface area contributed by atoms with E-state index < -0.39 is 15.8 Å². The van der Waals surface area contributed by atoms with Crippen LogP contribution in [0.3, 0.4) is 0 Å². The van der Waals surface area contributed by atoms with Crippen LogP contribution in [0.15, 0.2) is 23.1 Å². The fraction of sp³-hybridized carbons (Fsp3) is 0.455. The van der Waals surface area contributed by atoms with Gasteiger partial charge in [0.2, 0.25) is 10.0 Å². The molecule has 2 N–H and O–H groups in total. The van der Waals surface area contributed by atoms with Crippen molar-refractivity contribution in [2.75, 3.05) is 13.2 Å². The van der Waals surface area contributed by atoms with Crippen molar-refractivity contribution in [3.63, 3.8) is 0 Å². The molecule has 0 saturated carbocycles. The summed E-state index contributed by atoms with van der Waals surface area (Å²) in [4.78, 5) is 0.0559. The summed E-state index contributed by atoms with van der Waals surface area (Å²) in [7, 11) is -3.58. The van der Waals surface area contributed by atoms with Gasteiger partial charge in [0.05, 0.1) is 4.90 Å². The molecule has 0 aliphatic rings. The lowest BCUT2D eigenvalue weighted by Gasteiger charge is -2.07. The minimum Gasteiger partial charge on any atom is -0.396 e. The van der Waals surface area contributed by atoms with E-state index in [4.69, 9.17) is 5.11 Å². The maximum Gasteiger partial charge on any atom is 0.240 e. The van der Waals surface area contributed by atoms with Gasteiger partial charge in [-0.15, -0.1) is 0 Å². The fourth-order valence-corrected chi connectivity index (χ4v) is 2.47. The lowest BCUT2D eigenvalue weighted by Crippen LogP contribution is -2.25. The topological polar surface area (TPSA) is 66.4 Å². The molecular weight excluding hydrogens is 245 g/mol. The van der Waals surface area contributed by atoms with Crippen LogP contribution in [-0.2, 0) is 10.0 Å². The lowest BCUT2D eigenvalue weighted by molar-refractivity contribution is 0.285. The molecule has 0 saturated heterocycles. The molecule has 1 aromatic rings. The number of sulfonamides is 1. The second-order valence-corrected chi connectivity index (χ2v) is 5.51. The number of halogens is 1. The number of aliphatic hydroxyl groups excluding tert-OH is 1. The molecule has 4 nitrogen and oxygen atoms in total. The first-order chi connectivity index (χ1) is 7.97. The summed E-state index contributed by atoms with van der Waals surface area (Å²) in [5.41, 5.74) is 0.295. The second kappa shape index (κ2) is 6.09. The Morgan fingerprint density at radius 3 is 2.65 bits per heavy atom. The molecule has 0 unspecified atom stereocenters. The van der Waals surface area contributed by atoms with E-state index in [1.54, 1.807) is 0 Å². The van der Waals surface area contributed by atoms with Crippen molar-refractivity contribution in [2.24, 2.45) is 0 Å². The zero-order valence-electron chi connectivity index (χ0n) is 9.61. The van der Waals surface area contributed by atoms with E-state index in [0.29, 0.717) is 18.4 Å². The number of benzene rings is 1. The summed E-state index contributed by atoms with van der Waals surface area (Å²) in [6, 6.07) is 3.66. The van der Waals surface area contributed by atoms with Crippen molar-refractivity contribution in [3.05, 3.63) is 29.6 Å². The van der Waals surface area contributed by atoms with Crippen LogP contribution in [0.5, 0.6) is 0 Å². The summed E-state index contributed by atoms with van der Waals surface area (Å²) < 4.78 is 38.9. The summed E-state index contributed by atoms with van der Waals surface area (Å²) in [5, 5.41) is 8.56. The van der Waals surface area contributed by atoms with E-state index in [-0.39, 0.29) is 18.0 Å². The van der Waals surface area contributed by atoms with Gasteiger partial charge in [0.25, 0.3) is 0 Å². The number of rotatable bonds is 6. The number of hydrogen-bond donors (Lipinski definition) is 2. The Labute approximate surface area is 101 Å². The SMILES string of the molecule is Cc1cc(S(=O)(=O)NCCCCO)ccc1F. The molecule has 0 heterocycles. The lowest BCUT2D eigenvalue weighted by atomic mass is 10.2. The van der Waals surface area contributed by atoms with Gasteiger partial charge in [0.15, 0.2) is 0 Å². The predicted molar refractivity (Wildman–Crippen MR) is 62.6 cm³/mol. The molecule has 1 aromatic carbocycles. The molecule has 0 aliphatic carbocycles. The molecule has 6 heteroatoms. The third-order valence-corrected chi connectivity index (χ3v) is 3.78. The molecule has 1 rings (SSSR count). The highest BCUT2D eigenvalue weighted by atomic mass is 32.2. The van der Waals surface area contributed by atoms with Crippen molar-refractivity contribution in [3.8, 4) is 0 Å². The van der Waals surface area contributed by atoms with Crippen LogP contribution >= 0.6 is 0 Å². The first-order valence-corrected chi connectivity index (χ1v) is 6.82. The summed E-state index contributed by atoms with van der Waals surface area (Å²) in [5.74, 6) is -0.427. The molecule has 0 fully saturated rings. The van der Waals surface area contributed by atoms with Gasteiger partial charge in [-0.25, -0.2) is 17.5 Å². The monoisotopic (exact) mass is 261 g/mol. The normalized spacial score (nSPS) is 11.7. The average Bonchev–Trinajstić information content (AvgIpc) is 2.28. The Bertz CT molecular complexity index is 474. The van der Waals surface area contributed by atoms with E-state index in [1.165, 1.54) is 19.1 Å². The third-order valence-electron chi connectivity index (χ3n) is 2.32. The van der Waals surface area contributed by atoms with Gasteiger partial charge in [0.1, 0.15) is 5.82 Å². The van der Waals surface area contributed by atoms with Crippen molar-refractivity contribution in [2.45, 2.75) is 24.7 Å². The van der Waals surface area contributed by atoms with Crippen molar-refractivity contribution < 1.29 is 17.9 Å². The number of aliphatic hydroxyl groups is 1. The molecule has 0 aliphatic heterocycles. The van der Waals surface area contributed by atoms with E-state index in [0.717, 1.165) is 6.07 Å². The fourth-order valence-electron chi connectivity index (χ4n) is 1.31. The Balaban J connectivity index is 2.72. The van der Waals surface area contributed by atoms with Gasteiger partial charge in [-0.3, -0.25) is 0 Å². The van der Waals surface area contributed by atoms with E-state index in [2.05, 4.69) is 4.72 Å². The molecule has 0 radical (unpaired) electrons. The van der Waals surface area contributed by atoms with Gasteiger partial charge in [0, 0.05) is 13.2 Å². The molecule has 17 heavy (non-hydrogen) atoms. The number of unbranched alkanes of at least 4 members (excludes halogenated alkanes) is 1. The minimum absolute atomic E-state index is 0.0391. The minimum atomic E-state index is -3.58. The van der Waals surface area contributed by atoms with Gasteiger partial charge in [-0.05, 0) is 43.5 Å². The largest absolute Gasteiger partial charge is 0.396 e. The average molecular weight is 261 g/mol. The Morgan fingerprint density at radius 2 is 2.06 bits per heavy atom. The van der Waals surface area contributed by atoms with E-state index in [1.807, 2.05) is 0 Å². The maximum absolute atomic E-state index is 13.0. The first-order valence-electron chi connectivity index (χ1n) is 5.34. The van der Waals surface area contributed by atoms with Crippen LogP contribution in [0, 0.1) is 12.7 Å². The highest BCUT2D eigenvalue weighted by Gasteiger charge is 2.14. The van der Waals surface area contributed by atoms with Crippen LogP contribution in [-0.4, -0.2) is 26.7 Å². The molecule has 0 amide bonds. The second-order valence-electron chi connectivity index (χ2n) is 3.74. The van der Waals surface area contributed by atoms with Gasteiger partial charge in [-0.1, -0.05) is 0 Å². The van der Waals surface area contributed by atoms with Crippen LogP contribution in [0.25, 0.3) is 0 Å². The smallest absolute Gasteiger partial charge is 0.240 e. The number of aryl methyl sites for hydroxylation is 1. The molecule has 0 aromatic heterocycles. The highest BCUT2D eigenvalue weighted by Crippen LogP contribution is 2.13. The van der Waals surface area contributed by atoms with Gasteiger partial charge >= 0.3 is 0 Å².